The molecule has 0 amide bonds. The molecule has 1 aromatic carbocycles. The van der Waals surface area contributed by atoms with Crippen LogP contribution < -0.4 is 10.5 Å². The maximum atomic E-state index is 9.63. The molecule has 1 atom stereocenters. The smallest absolute Gasteiger partial charge is 0.121 e. The third kappa shape index (κ3) is 2.37. The SMILES string of the molecule is COc1ccc(O)c(C(O)CCN)c1. The fraction of sp³-hybridized carbons (Fsp3) is 0.400. The predicted molar refractivity (Wildman–Crippen MR) is 53.3 cm³/mol. The summed E-state index contributed by atoms with van der Waals surface area (Å²) in [6.07, 6.45) is -0.323. The zero-order valence-electron chi connectivity index (χ0n) is 8.10. The van der Waals surface area contributed by atoms with Crippen molar-refractivity contribution in [1.82, 2.24) is 0 Å². The Labute approximate surface area is 82.9 Å². The highest BCUT2D eigenvalue weighted by molar-refractivity contribution is 5.40. The number of rotatable bonds is 4. The molecule has 0 aliphatic carbocycles. The van der Waals surface area contributed by atoms with Gasteiger partial charge in [-0.1, -0.05) is 0 Å². The average molecular weight is 197 g/mol. The van der Waals surface area contributed by atoms with Crippen molar-refractivity contribution in [3.8, 4) is 11.5 Å². The summed E-state index contributed by atoms with van der Waals surface area (Å²) < 4.78 is 4.98. The summed E-state index contributed by atoms with van der Waals surface area (Å²) in [6, 6.07) is 4.73. The number of phenols is 1. The van der Waals surface area contributed by atoms with Crippen LogP contribution in [0.25, 0.3) is 0 Å². The van der Waals surface area contributed by atoms with Gasteiger partial charge in [-0.2, -0.15) is 0 Å². The van der Waals surface area contributed by atoms with Crippen LogP contribution in [-0.2, 0) is 0 Å². The lowest BCUT2D eigenvalue weighted by Gasteiger charge is -2.12. The summed E-state index contributed by atoms with van der Waals surface area (Å²) in [5.74, 6) is 0.667. The van der Waals surface area contributed by atoms with Gasteiger partial charge in [-0.05, 0) is 31.2 Å². The van der Waals surface area contributed by atoms with E-state index in [1.165, 1.54) is 13.2 Å². The maximum absolute atomic E-state index is 9.63. The minimum absolute atomic E-state index is 0.0618. The zero-order valence-corrected chi connectivity index (χ0v) is 8.10. The monoisotopic (exact) mass is 197 g/mol. The first-order valence-corrected chi connectivity index (χ1v) is 4.44. The molecule has 14 heavy (non-hydrogen) atoms. The summed E-state index contributed by atoms with van der Waals surface area (Å²) >= 11 is 0. The Bertz CT molecular complexity index is 301. The average Bonchev–Trinajstić information content (AvgIpc) is 2.19. The highest BCUT2D eigenvalue weighted by atomic mass is 16.5. The molecular formula is C10H15NO3. The molecule has 0 heterocycles. The van der Waals surface area contributed by atoms with Crippen molar-refractivity contribution < 1.29 is 14.9 Å². The lowest BCUT2D eigenvalue weighted by Crippen LogP contribution is -2.07. The standard InChI is InChI=1S/C10H15NO3/c1-14-7-2-3-9(12)8(6-7)10(13)4-5-11/h2-3,6,10,12-13H,4-5,11H2,1H3. The molecule has 0 saturated heterocycles. The van der Waals surface area contributed by atoms with Crippen LogP contribution in [0.1, 0.15) is 18.1 Å². The van der Waals surface area contributed by atoms with E-state index in [1.54, 1.807) is 12.1 Å². The van der Waals surface area contributed by atoms with E-state index >= 15 is 0 Å². The number of ether oxygens (including phenoxy) is 1. The van der Waals surface area contributed by atoms with Crippen LogP contribution in [0.4, 0.5) is 0 Å². The molecule has 4 N–H and O–H groups in total. The van der Waals surface area contributed by atoms with Gasteiger partial charge in [0.2, 0.25) is 0 Å². The molecule has 0 bridgehead atoms. The molecule has 0 aromatic heterocycles. The summed E-state index contributed by atoms with van der Waals surface area (Å²) in [5.41, 5.74) is 5.77. The summed E-state index contributed by atoms with van der Waals surface area (Å²) in [4.78, 5) is 0. The van der Waals surface area contributed by atoms with Gasteiger partial charge in [-0.15, -0.1) is 0 Å². The number of phenolic OH excluding ortho intramolecular Hbond substituents is 1. The van der Waals surface area contributed by atoms with E-state index in [0.29, 0.717) is 24.3 Å². The Kier molecular flexibility index (Phi) is 3.73. The summed E-state index contributed by atoms with van der Waals surface area (Å²) in [6.45, 7) is 0.373. The van der Waals surface area contributed by atoms with Crippen molar-refractivity contribution in [1.29, 1.82) is 0 Å². The third-order valence-corrected chi connectivity index (χ3v) is 2.03. The van der Waals surface area contributed by atoms with E-state index in [9.17, 15) is 10.2 Å². The number of nitrogens with two attached hydrogens (primary N) is 1. The Morgan fingerprint density at radius 2 is 2.21 bits per heavy atom. The quantitative estimate of drug-likeness (QED) is 0.666. The fourth-order valence-corrected chi connectivity index (χ4v) is 1.24. The van der Waals surface area contributed by atoms with Crippen molar-refractivity contribution in [2.24, 2.45) is 5.73 Å². The number of hydrogen-bond acceptors (Lipinski definition) is 4. The fourth-order valence-electron chi connectivity index (χ4n) is 1.24. The molecule has 1 unspecified atom stereocenters. The Hall–Kier alpha value is -1.26. The number of hydrogen-bond donors (Lipinski definition) is 3. The largest absolute Gasteiger partial charge is 0.508 e. The van der Waals surface area contributed by atoms with Crippen LogP contribution in [0, 0.1) is 0 Å². The van der Waals surface area contributed by atoms with Gasteiger partial charge in [0, 0.05) is 5.56 Å². The van der Waals surface area contributed by atoms with E-state index < -0.39 is 6.10 Å². The molecular weight excluding hydrogens is 182 g/mol. The molecule has 4 heteroatoms. The number of aliphatic hydroxyl groups is 1. The molecule has 4 nitrogen and oxygen atoms in total. The second-order valence-corrected chi connectivity index (χ2v) is 3.02. The zero-order chi connectivity index (χ0) is 10.6. The molecule has 0 saturated carbocycles. The van der Waals surface area contributed by atoms with Gasteiger partial charge in [0.1, 0.15) is 11.5 Å². The van der Waals surface area contributed by atoms with Crippen molar-refractivity contribution in [2.45, 2.75) is 12.5 Å². The first-order valence-electron chi connectivity index (χ1n) is 4.44. The lowest BCUT2D eigenvalue weighted by atomic mass is 10.1. The van der Waals surface area contributed by atoms with E-state index in [-0.39, 0.29) is 5.75 Å². The Morgan fingerprint density at radius 1 is 1.50 bits per heavy atom. The Balaban J connectivity index is 2.93. The van der Waals surface area contributed by atoms with Crippen molar-refractivity contribution in [3.05, 3.63) is 23.8 Å². The summed E-state index contributed by atoms with van der Waals surface area (Å²) in [5, 5.41) is 19.1. The molecule has 0 fully saturated rings. The van der Waals surface area contributed by atoms with Crippen LogP contribution in [0.15, 0.2) is 18.2 Å². The van der Waals surface area contributed by atoms with Crippen LogP contribution in [0.3, 0.4) is 0 Å². The van der Waals surface area contributed by atoms with E-state index in [4.69, 9.17) is 10.5 Å². The van der Waals surface area contributed by atoms with Gasteiger partial charge < -0.3 is 20.7 Å². The van der Waals surface area contributed by atoms with E-state index in [1.807, 2.05) is 0 Å². The van der Waals surface area contributed by atoms with E-state index in [2.05, 4.69) is 0 Å². The first-order chi connectivity index (χ1) is 6.69. The molecule has 1 rings (SSSR count). The molecule has 0 spiro atoms. The minimum Gasteiger partial charge on any atom is -0.508 e. The van der Waals surface area contributed by atoms with Crippen molar-refractivity contribution in [2.75, 3.05) is 13.7 Å². The minimum atomic E-state index is -0.741. The number of methoxy groups -OCH3 is 1. The molecule has 78 valence electrons. The number of benzene rings is 1. The maximum Gasteiger partial charge on any atom is 0.121 e. The van der Waals surface area contributed by atoms with Gasteiger partial charge in [-0.3, -0.25) is 0 Å². The number of aliphatic hydroxyl groups excluding tert-OH is 1. The van der Waals surface area contributed by atoms with Gasteiger partial charge >= 0.3 is 0 Å². The molecule has 0 aliphatic heterocycles. The second kappa shape index (κ2) is 4.83. The first kappa shape index (κ1) is 10.8. The van der Waals surface area contributed by atoms with Gasteiger partial charge in [0.25, 0.3) is 0 Å². The second-order valence-electron chi connectivity index (χ2n) is 3.02. The molecule has 0 aliphatic rings. The Morgan fingerprint density at radius 3 is 2.79 bits per heavy atom. The van der Waals surface area contributed by atoms with Gasteiger partial charge in [-0.25, -0.2) is 0 Å². The lowest BCUT2D eigenvalue weighted by molar-refractivity contribution is 0.166. The summed E-state index contributed by atoms with van der Waals surface area (Å²) in [7, 11) is 1.53. The van der Waals surface area contributed by atoms with Crippen molar-refractivity contribution in [3.63, 3.8) is 0 Å². The third-order valence-electron chi connectivity index (χ3n) is 2.03. The highest BCUT2D eigenvalue weighted by Crippen LogP contribution is 2.29. The molecule has 1 aromatic rings. The van der Waals surface area contributed by atoms with Crippen molar-refractivity contribution >= 4 is 0 Å². The molecule has 0 radical (unpaired) electrons. The van der Waals surface area contributed by atoms with E-state index in [0.717, 1.165) is 0 Å². The number of aromatic hydroxyl groups is 1. The predicted octanol–water partition coefficient (Wildman–Crippen LogP) is 0.783. The van der Waals surface area contributed by atoms with Crippen LogP contribution >= 0.6 is 0 Å². The highest BCUT2D eigenvalue weighted by Gasteiger charge is 2.12. The van der Waals surface area contributed by atoms with Gasteiger partial charge in [0.15, 0.2) is 0 Å². The van der Waals surface area contributed by atoms with Gasteiger partial charge in [0.05, 0.1) is 13.2 Å². The van der Waals surface area contributed by atoms with Crippen LogP contribution in [0.2, 0.25) is 0 Å². The topological polar surface area (TPSA) is 75.7 Å². The van der Waals surface area contributed by atoms with Crippen LogP contribution in [0.5, 0.6) is 11.5 Å². The normalized spacial score (nSPS) is 12.5. The van der Waals surface area contributed by atoms with Crippen LogP contribution in [-0.4, -0.2) is 23.9 Å².